The summed E-state index contributed by atoms with van der Waals surface area (Å²) in [6.07, 6.45) is 5.07. The van der Waals surface area contributed by atoms with Gasteiger partial charge >= 0.3 is 0 Å². The van der Waals surface area contributed by atoms with Gasteiger partial charge in [0.15, 0.2) is 5.82 Å². The van der Waals surface area contributed by atoms with Gasteiger partial charge in [-0.25, -0.2) is 0 Å². The van der Waals surface area contributed by atoms with Crippen molar-refractivity contribution in [2.45, 2.75) is 32.4 Å². The summed E-state index contributed by atoms with van der Waals surface area (Å²) in [4.78, 5) is 17.3. The fourth-order valence-corrected chi connectivity index (χ4v) is 2.93. The Morgan fingerprint density at radius 3 is 3.00 bits per heavy atom. The average molecular weight is 315 g/mol. The molecule has 0 spiro atoms. The van der Waals surface area contributed by atoms with Gasteiger partial charge < -0.3 is 19.2 Å². The Labute approximate surface area is 134 Å². The second kappa shape index (κ2) is 6.16. The first-order valence-corrected chi connectivity index (χ1v) is 8.22. The fourth-order valence-electron chi connectivity index (χ4n) is 2.93. The zero-order valence-corrected chi connectivity index (χ0v) is 13.1. The van der Waals surface area contributed by atoms with Gasteiger partial charge in [-0.2, -0.15) is 0 Å². The lowest BCUT2D eigenvalue weighted by atomic mass is 10.3. The molecule has 2 aromatic heterocycles. The lowest BCUT2D eigenvalue weighted by molar-refractivity contribution is 0.0751. The van der Waals surface area contributed by atoms with Crippen molar-refractivity contribution in [3.8, 4) is 0 Å². The summed E-state index contributed by atoms with van der Waals surface area (Å²) in [5.41, 5.74) is 0.635. The minimum Gasteiger partial charge on any atom is -0.373 e. The molecule has 0 aromatic carbocycles. The smallest absolute Gasteiger partial charge is 0.270 e. The summed E-state index contributed by atoms with van der Waals surface area (Å²) in [7, 11) is 0. The highest BCUT2D eigenvalue weighted by atomic mass is 16.5. The number of aromatic amines is 1. The molecule has 0 atom stereocenters. The molecule has 1 N–H and O–H groups in total. The molecule has 122 valence electrons. The van der Waals surface area contributed by atoms with Crippen LogP contribution >= 0.6 is 0 Å². The van der Waals surface area contributed by atoms with Crippen LogP contribution < -0.4 is 0 Å². The fraction of sp³-hybridized carbons (Fsp3) is 0.562. The first-order chi connectivity index (χ1) is 11.3. The number of fused-ring (bicyclic) bond motifs is 1. The van der Waals surface area contributed by atoms with Crippen molar-refractivity contribution >= 4 is 5.91 Å². The number of nitrogens with one attached hydrogen (secondary N) is 1. The molecule has 7 heteroatoms. The first kappa shape index (κ1) is 14.4. The number of hydrogen-bond acceptors (Lipinski definition) is 4. The lowest BCUT2D eigenvalue weighted by Gasteiger charge is -2.19. The molecule has 7 nitrogen and oxygen atoms in total. The van der Waals surface area contributed by atoms with Crippen LogP contribution in [-0.4, -0.2) is 50.3 Å². The SMILES string of the molecule is O=C(c1ccc[nH]1)N1CCc2nnc(COCC3CC3)n2CC1. The van der Waals surface area contributed by atoms with Crippen molar-refractivity contribution in [3.05, 3.63) is 35.7 Å². The molecular formula is C16H21N5O2. The van der Waals surface area contributed by atoms with E-state index in [1.807, 2.05) is 17.0 Å². The molecule has 0 saturated heterocycles. The molecule has 3 heterocycles. The topological polar surface area (TPSA) is 76.0 Å². The monoisotopic (exact) mass is 315 g/mol. The van der Waals surface area contributed by atoms with E-state index in [4.69, 9.17) is 4.74 Å². The first-order valence-electron chi connectivity index (χ1n) is 8.22. The van der Waals surface area contributed by atoms with Gasteiger partial charge in [0.2, 0.25) is 0 Å². The van der Waals surface area contributed by atoms with E-state index in [1.54, 1.807) is 6.20 Å². The average Bonchev–Trinajstić information content (AvgIpc) is 3.13. The third-order valence-corrected chi connectivity index (χ3v) is 4.50. The Morgan fingerprint density at radius 2 is 2.22 bits per heavy atom. The predicted octanol–water partition coefficient (Wildman–Crippen LogP) is 1.23. The molecule has 23 heavy (non-hydrogen) atoms. The van der Waals surface area contributed by atoms with Crippen molar-refractivity contribution in [2.24, 2.45) is 5.92 Å². The zero-order valence-electron chi connectivity index (χ0n) is 13.1. The molecule has 0 radical (unpaired) electrons. The Morgan fingerprint density at radius 1 is 1.30 bits per heavy atom. The number of carbonyl (C=O) groups is 1. The zero-order chi connectivity index (χ0) is 15.6. The molecule has 0 unspecified atom stereocenters. The third kappa shape index (κ3) is 3.14. The van der Waals surface area contributed by atoms with Gasteiger partial charge in [0.25, 0.3) is 5.91 Å². The maximum absolute atomic E-state index is 12.5. The molecule has 4 rings (SSSR count). The van der Waals surface area contributed by atoms with Crippen LogP contribution in [-0.2, 0) is 24.3 Å². The van der Waals surface area contributed by atoms with Crippen LogP contribution in [0.3, 0.4) is 0 Å². The summed E-state index contributed by atoms with van der Waals surface area (Å²) in [5, 5.41) is 8.53. The molecule has 1 amide bonds. The number of hydrogen-bond donors (Lipinski definition) is 1. The maximum Gasteiger partial charge on any atom is 0.270 e. The Bertz CT molecular complexity index is 675. The Kier molecular flexibility index (Phi) is 3.87. The highest BCUT2D eigenvalue weighted by Gasteiger charge is 2.24. The number of ether oxygens (including phenoxy) is 1. The van der Waals surface area contributed by atoms with Gasteiger partial charge in [0, 0.05) is 38.9 Å². The van der Waals surface area contributed by atoms with Crippen LogP contribution in [0, 0.1) is 5.92 Å². The van der Waals surface area contributed by atoms with E-state index < -0.39 is 0 Å². The molecule has 1 fully saturated rings. The minimum atomic E-state index is 0.0419. The number of H-pyrrole nitrogens is 1. The molecular weight excluding hydrogens is 294 g/mol. The van der Waals surface area contributed by atoms with Gasteiger partial charge in [-0.1, -0.05) is 0 Å². The minimum absolute atomic E-state index is 0.0419. The lowest BCUT2D eigenvalue weighted by Crippen LogP contribution is -2.34. The van der Waals surface area contributed by atoms with Crippen molar-refractivity contribution in [1.29, 1.82) is 0 Å². The van der Waals surface area contributed by atoms with Crippen molar-refractivity contribution in [1.82, 2.24) is 24.6 Å². The van der Waals surface area contributed by atoms with Crippen LogP contribution in [0.1, 0.15) is 35.0 Å². The molecule has 1 saturated carbocycles. The van der Waals surface area contributed by atoms with E-state index in [1.165, 1.54) is 12.8 Å². The standard InChI is InChI=1S/C16H21N5O2/c22-16(13-2-1-6-17-13)20-7-5-14-18-19-15(21(14)9-8-20)11-23-10-12-3-4-12/h1-2,6,12,17H,3-5,7-11H2. The van der Waals surface area contributed by atoms with Gasteiger partial charge in [-0.05, 0) is 30.9 Å². The highest BCUT2D eigenvalue weighted by molar-refractivity contribution is 5.92. The van der Waals surface area contributed by atoms with Gasteiger partial charge in [-0.15, -0.1) is 10.2 Å². The predicted molar refractivity (Wildman–Crippen MR) is 82.8 cm³/mol. The number of aromatic nitrogens is 4. The molecule has 0 bridgehead atoms. The van der Waals surface area contributed by atoms with Gasteiger partial charge in [0.05, 0.1) is 0 Å². The van der Waals surface area contributed by atoms with E-state index >= 15 is 0 Å². The quantitative estimate of drug-likeness (QED) is 0.900. The van der Waals surface area contributed by atoms with E-state index in [0.717, 1.165) is 37.1 Å². The summed E-state index contributed by atoms with van der Waals surface area (Å²) >= 11 is 0. The van der Waals surface area contributed by atoms with E-state index in [2.05, 4.69) is 19.7 Å². The van der Waals surface area contributed by atoms with Crippen LogP contribution in [0.25, 0.3) is 0 Å². The van der Waals surface area contributed by atoms with Crippen LogP contribution in [0.4, 0.5) is 0 Å². The van der Waals surface area contributed by atoms with Crippen molar-refractivity contribution in [3.63, 3.8) is 0 Å². The summed E-state index contributed by atoms with van der Waals surface area (Å²) in [5.74, 6) is 2.60. The summed E-state index contributed by atoms with van der Waals surface area (Å²) in [6, 6.07) is 3.65. The van der Waals surface area contributed by atoms with E-state index in [0.29, 0.717) is 25.4 Å². The Balaban J connectivity index is 1.40. The number of amides is 1. The summed E-state index contributed by atoms with van der Waals surface area (Å²) in [6.45, 7) is 3.38. The van der Waals surface area contributed by atoms with Crippen molar-refractivity contribution < 1.29 is 9.53 Å². The van der Waals surface area contributed by atoms with E-state index in [-0.39, 0.29) is 5.91 Å². The second-order valence-electron chi connectivity index (χ2n) is 6.27. The molecule has 1 aliphatic carbocycles. The number of carbonyl (C=O) groups excluding carboxylic acids is 1. The van der Waals surface area contributed by atoms with E-state index in [9.17, 15) is 4.79 Å². The van der Waals surface area contributed by atoms with Gasteiger partial charge in [-0.3, -0.25) is 4.79 Å². The highest BCUT2D eigenvalue weighted by Crippen LogP contribution is 2.29. The maximum atomic E-state index is 12.5. The molecule has 2 aliphatic rings. The largest absolute Gasteiger partial charge is 0.373 e. The molecule has 1 aliphatic heterocycles. The van der Waals surface area contributed by atoms with Crippen LogP contribution in [0.2, 0.25) is 0 Å². The Hall–Kier alpha value is -2.15. The number of nitrogens with zero attached hydrogens (tertiary/aromatic N) is 4. The summed E-state index contributed by atoms with van der Waals surface area (Å²) < 4.78 is 7.84. The van der Waals surface area contributed by atoms with Crippen molar-refractivity contribution in [2.75, 3.05) is 19.7 Å². The van der Waals surface area contributed by atoms with Gasteiger partial charge in [0.1, 0.15) is 18.1 Å². The second-order valence-corrected chi connectivity index (χ2v) is 6.27. The van der Waals surface area contributed by atoms with Crippen LogP contribution in [0.5, 0.6) is 0 Å². The number of rotatable bonds is 5. The third-order valence-electron chi connectivity index (χ3n) is 4.50. The van der Waals surface area contributed by atoms with Crippen LogP contribution in [0.15, 0.2) is 18.3 Å². The normalized spacial score (nSPS) is 17.8. The molecule has 2 aromatic rings.